The minimum Gasteiger partial charge on any atom is -0.341 e. The summed E-state index contributed by atoms with van der Waals surface area (Å²) < 4.78 is 0. The lowest BCUT2D eigenvalue weighted by molar-refractivity contribution is 0.0943. The first-order valence-electron chi connectivity index (χ1n) is 8.96. The first-order chi connectivity index (χ1) is 12.5. The molecule has 0 aliphatic heterocycles. The van der Waals surface area contributed by atoms with E-state index in [1.165, 1.54) is 16.7 Å². The van der Waals surface area contributed by atoms with E-state index in [0.717, 1.165) is 16.7 Å². The molecule has 0 saturated carbocycles. The molecule has 0 saturated heterocycles. The highest BCUT2D eigenvalue weighted by atomic mass is 16.1. The number of nitrogens with one attached hydrogen (secondary N) is 1. The second-order valence-electron chi connectivity index (χ2n) is 6.98. The van der Waals surface area contributed by atoms with Crippen molar-refractivity contribution in [1.82, 2.24) is 5.32 Å². The Bertz CT molecular complexity index is 928. The highest BCUT2D eigenvalue weighted by molar-refractivity contribution is 5.95. The van der Waals surface area contributed by atoms with Gasteiger partial charge in [0, 0.05) is 5.56 Å². The average molecular weight is 343 g/mol. The van der Waals surface area contributed by atoms with Gasteiger partial charge in [-0.15, -0.1) is 0 Å². The van der Waals surface area contributed by atoms with Crippen molar-refractivity contribution < 1.29 is 4.79 Å². The summed E-state index contributed by atoms with van der Waals surface area (Å²) in [7, 11) is 0. The van der Waals surface area contributed by atoms with Crippen molar-refractivity contribution in [2.45, 2.75) is 33.7 Å². The van der Waals surface area contributed by atoms with Crippen LogP contribution in [-0.2, 0) is 0 Å². The number of benzene rings is 3. The van der Waals surface area contributed by atoms with Gasteiger partial charge in [-0.3, -0.25) is 4.79 Å². The fraction of sp³-hybridized carbons (Fsp3) is 0.208. The number of amides is 1. The first kappa shape index (κ1) is 17.9. The molecule has 1 amide bonds. The Balaban J connectivity index is 1.98. The van der Waals surface area contributed by atoms with Gasteiger partial charge < -0.3 is 5.32 Å². The summed E-state index contributed by atoms with van der Waals surface area (Å²) in [5.74, 6) is -0.0538. The second-order valence-corrected chi connectivity index (χ2v) is 6.98. The normalized spacial score (nSPS) is 11.8. The van der Waals surface area contributed by atoms with E-state index < -0.39 is 0 Å². The summed E-state index contributed by atoms with van der Waals surface area (Å²) >= 11 is 0. The number of carbonyl (C=O) groups is 1. The van der Waals surface area contributed by atoms with Gasteiger partial charge in [-0.1, -0.05) is 60.2 Å². The van der Waals surface area contributed by atoms with E-state index in [4.69, 9.17) is 0 Å². The van der Waals surface area contributed by atoms with Crippen molar-refractivity contribution in [3.63, 3.8) is 0 Å². The van der Waals surface area contributed by atoms with Crippen molar-refractivity contribution in [1.29, 1.82) is 0 Å². The molecule has 1 N–H and O–H groups in total. The summed E-state index contributed by atoms with van der Waals surface area (Å²) in [5.41, 5.74) is 7.61. The van der Waals surface area contributed by atoms with Crippen LogP contribution in [0.15, 0.2) is 66.7 Å². The van der Waals surface area contributed by atoms with Crippen LogP contribution < -0.4 is 5.32 Å². The number of carbonyl (C=O) groups excluding carboxylic acids is 1. The van der Waals surface area contributed by atoms with Crippen molar-refractivity contribution in [2.24, 2.45) is 0 Å². The molecule has 132 valence electrons. The fourth-order valence-corrected chi connectivity index (χ4v) is 3.23. The van der Waals surface area contributed by atoms with Crippen LogP contribution in [0.2, 0.25) is 0 Å². The summed E-state index contributed by atoms with van der Waals surface area (Å²) in [4.78, 5) is 12.9. The molecule has 3 rings (SSSR count). The van der Waals surface area contributed by atoms with Crippen LogP contribution in [-0.4, -0.2) is 5.91 Å². The molecular weight excluding hydrogens is 318 g/mol. The molecule has 2 nitrogen and oxygen atoms in total. The maximum atomic E-state index is 12.9. The molecule has 2 heteroatoms. The lowest BCUT2D eigenvalue weighted by Gasteiger charge is -2.22. The van der Waals surface area contributed by atoms with E-state index in [1.54, 1.807) is 0 Å². The first-order valence-corrected chi connectivity index (χ1v) is 8.96. The van der Waals surface area contributed by atoms with Crippen LogP contribution in [0.4, 0.5) is 0 Å². The maximum absolute atomic E-state index is 12.9. The van der Waals surface area contributed by atoms with Crippen molar-refractivity contribution in [3.8, 4) is 0 Å². The van der Waals surface area contributed by atoms with Gasteiger partial charge in [0.25, 0.3) is 5.91 Å². The molecule has 3 aromatic rings. The lowest BCUT2D eigenvalue weighted by Crippen LogP contribution is -2.30. The topological polar surface area (TPSA) is 29.1 Å². The molecule has 0 spiro atoms. The Labute approximate surface area is 155 Å². The summed E-state index contributed by atoms with van der Waals surface area (Å²) in [5, 5.41) is 3.23. The van der Waals surface area contributed by atoms with Gasteiger partial charge in [0.05, 0.1) is 6.04 Å². The van der Waals surface area contributed by atoms with Crippen molar-refractivity contribution in [3.05, 3.63) is 106 Å². The predicted octanol–water partition coefficient (Wildman–Crippen LogP) is 5.44. The van der Waals surface area contributed by atoms with Crippen LogP contribution in [0, 0.1) is 27.7 Å². The molecule has 26 heavy (non-hydrogen) atoms. The monoisotopic (exact) mass is 343 g/mol. The number of rotatable bonds is 4. The largest absolute Gasteiger partial charge is 0.341 e. The molecule has 3 aromatic carbocycles. The number of hydrogen-bond acceptors (Lipinski definition) is 1. The van der Waals surface area contributed by atoms with Crippen molar-refractivity contribution >= 4 is 5.91 Å². The van der Waals surface area contributed by atoms with E-state index in [0.29, 0.717) is 5.56 Å². The highest BCUT2D eigenvalue weighted by Gasteiger charge is 2.19. The molecule has 0 bridgehead atoms. The predicted molar refractivity (Wildman–Crippen MR) is 108 cm³/mol. The van der Waals surface area contributed by atoms with Gasteiger partial charge >= 0.3 is 0 Å². The Kier molecular flexibility index (Phi) is 5.22. The van der Waals surface area contributed by atoms with E-state index in [-0.39, 0.29) is 11.9 Å². The van der Waals surface area contributed by atoms with Crippen LogP contribution in [0.25, 0.3) is 0 Å². The minimum absolute atomic E-state index is 0.0538. The molecule has 1 atom stereocenters. The third-order valence-electron chi connectivity index (χ3n) is 4.91. The van der Waals surface area contributed by atoms with Crippen LogP contribution in [0.5, 0.6) is 0 Å². The Morgan fingerprint density at radius 1 is 0.769 bits per heavy atom. The molecule has 0 radical (unpaired) electrons. The number of hydrogen-bond donors (Lipinski definition) is 1. The summed E-state index contributed by atoms with van der Waals surface area (Å²) in [6, 6.07) is 22.2. The molecule has 0 aliphatic carbocycles. The average Bonchev–Trinajstić information content (AvgIpc) is 2.63. The fourth-order valence-electron chi connectivity index (χ4n) is 3.23. The van der Waals surface area contributed by atoms with Crippen molar-refractivity contribution in [2.75, 3.05) is 0 Å². The van der Waals surface area contributed by atoms with Crippen LogP contribution >= 0.6 is 0 Å². The Morgan fingerprint density at radius 2 is 1.50 bits per heavy atom. The van der Waals surface area contributed by atoms with Gasteiger partial charge in [-0.2, -0.15) is 0 Å². The Hall–Kier alpha value is -2.87. The number of aryl methyl sites for hydroxylation is 4. The molecule has 0 unspecified atom stereocenters. The molecule has 0 heterocycles. The zero-order valence-corrected chi connectivity index (χ0v) is 15.8. The molecule has 0 aromatic heterocycles. The van der Waals surface area contributed by atoms with E-state index in [1.807, 2.05) is 43.3 Å². The van der Waals surface area contributed by atoms with Gasteiger partial charge in [-0.05, 0) is 67.6 Å². The molecular formula is C24H25NO. The SMILES string of the molecule is Cc1ccc([C@@H](NC(=O)c2ccc(C)c(C)c2)c2ccccc2)c(C)c1. The van der Waals surface area contributed by atoms with E-state index in [2.05, 4.69) is 56.4 Å². The summed E-state index contributed by atoms with van der Waals surface area (Å²) in [6.45, 7) is 8.27. The Morgan fingerprint density at radius 3 is 2.15 bits per heavy atom. The highest BCUT2D eigenvalue weighted by Crippen LogP contribution is 2.26. The third-order valence-corrected chi connectivity index (χ3v) is 4.91. The van der Waals surface area contributed by atoms with Gasteiger partial charge in [0.2, 0.25) is 0 Å². The van der Waals surface area contributed by atoms with Crippen LogP contribution in [0.3, 0.4) is 0 Å². The van der Waals surface area contributed by atoms with E-state index in [9.17, 15) is 4.79 Å². The van der Waals surface area contributed by atoms with Gasteiger partial charge in [-0.25, -0.2) is 0 Å². The standard InChI is InChI=1S/C24H25NO/c1-16-10-13-22(19(4)14-16)23(20-8-6-5-7-9-20)25-24(26)21-12-11-17(2)18(3)15-21/h5-15,23H,1-4H3,(H,25,26)/t23-/m0/s1. The maximum Gasteiger partial charge on any atom is 0.252 e. The zero-order valence-electron chi connectivity index (χ0n) is 15.8. The van der Waals surface area contributed by atoms with E-state index >= 15 is 0 Å². The molecule has 0 fully saturated rings. The molecule has 0 aliphatic rings. The van der Waals surface area contributed by atoms with Gasteiger partial charge in [0.15, 0.2) is 0 Å². The minimum atomic E-state index is -0.175. The van der Waals surface area contributed by atoms with Gasteiger partial charge in [0.1, 0.15) is 0 Å². The second kappa shape index (κ2) is 7.57. The third kappa shape index (κ3) is 3.85. The zero-order chi connectivity index (χ0) is 18.7. The smallest absolute Gasteiger partial charge is 0.252 e. The quantitative estimate of drug-likeness (QED) is 0.671. The lowest BCUT2D eigenvalue weighted by atomic mass is 9.93. The summed E-state index contributed by atoms with van der Waals surface area (Å²) in [6.07, 6.45) is 0. The van der Waals surface area contributed by atoms with Crippen LogP contribution in [0.1, 0.15) is 49.8 Å².